The van der Waals surface area contributed by atoms with Crippen LogP contribution < -0.4 is 5.73 Å². The first-order chi connectivity index (χ1) is 8.41. The van der Waals surface area contributed by atoms with Gasteiger partial charge in [0, 0.05) is 19.3 Å². The van der Waals surface area contributed by atoms with Crippen LogP contribution in [-0.2, 0) is 0 Å². The van der Waals surface area contributed by atoms with E-state index in [9.17, 15) is 9.18 Å². The van der Waals surface area contributed by atoms with Crippen LogP contribution in [0.15, 0.2) is 18.5 Å². The minimum atomic E-state index is -0.591. The van der Waals surface area contributed by atoms with Gasteiger partial charge in [-0.3, -0.25) is 9.78 Å². The molecule has 0 unspecified atom stereocenters. The Bertz CT molecular complexity index is 420. The van der Waals surface area contributed by atoms with Crippen LogP contribution in [0.25, 0.3) is 0 Å². The molecule has 1 aromatic heterocycles. The molecular weight excluding hydrogens is 233 g/mol. The molecular formula is C13H20FN3O. The Labute approximate surface area is 107 Å². The summed E-state index contributed by atoms with van der Waals surface area (Å²) in [5.74, 6) is -0.912. The van der Waals surface area contributed by atoms with Gasteiger partial charge in [0.1, 0.15) is 0 Å². The van der Waals surface area contributed by atoms with Crippen LogP contribution in [0.2, 0.25) is 0 Å². The lowest BCUT2D eigenvalue weighted by Crippen LogP contribution is -2.42. The minimum Gasteiger partial charge on any atom is -0.338 e. The summed E-state index contributed by atoms with van der Waals surface area (Å²) in [6.07, 6.45) is 2.47. The number of amides is 1. The lowest BCUT2D eigenvalue weighted by Gasteiger charge is -2.31. The highest BCUT2D eigenvalue weighted by Gasteiger charge is 2.24. The van der Waals surface area contributed by atoms with E-state index in [1.165, 1.54) is 12.3 Å². The maximum atomic E-state index is 13.5. The predicted molar refractivity (Wildman–Crippen MR) is 68.6 cm³/mol. The van der Waals surface area contributed by atoms with Crippen molar-refractivity contribution in [3.8, 4) is 0 Å². The molecule has 2 N–H and O–H groups in total. The average Bonchev–Trinajstić information content (AvgIpc) is 2.36. The molecule has 1 heterocycles. The third kappa shape index (κ3) is 3.50. The number of carbonyl (C=O) groups is 1. The third-order valence-corrected chi connectivity index (χ3v) is 2.84. The summed E-state index contributed by atoms with van der Waals surface area (Å²) in [7, 11) is 0. The number of rotatable bonds is 5. The molecule has 5 heteroatoms. The van der Waals surface area contributed by atoms with Gasteiger partial charge in [-0.2, -0.15) is 0 Å². The molecule has 0 spiro atoms. The lowest BCUT2D eigenvalue weighted by molar-refractivity contribution is 0.0696. The average molecular weight is 253 g/mol. The second-order valence-electron chi connectivity index (χ2n) is 5.04. The Morgan fingerprint density at radius 1 is 1.56 bits per heavy atom. The Hall–Kier alpha value is -1.49. The van der Waals surface area contributed by atoms with Crippen molar-refractivity contribution in [3.05, 3.63) is 29.8 Å². The lowest BCUT2D eigenvalue weighted by atomic mass is 9.93. The first-order valence-corrected chi connectivity index (χ1v) is 6.00. The normalized spacial score (nSPS) is 11.4. The van der Waals surface area contributed by atoms with Crippen molar-refractivity contribution in [3.63, 3.8) is 0 Å². The van der Waals surface area contributed by atoms with Gasteiger partial charge in [0.2, 0.25) is 0 Å². The zero-order chi connectivity index (χ0) is 13.8. The summed E-state index contributed by atoms with van der Waals surface area (Å²) in [6.45, 7) is 7.31. The monoisotopic (exact) mass is 253 g/mol. The minimum absolute atomic E-state index is 0.0553. The van der Waals surface area contributed by atoms with E-state index in [-0.39, 0.29) is 16.9 Å². The molecule has 0 aromatic carbocycles. The molecule has 0 aliphatic heterocycles. The zero-order valence-corrected chi connectivity index (χ0v) is 11.1. The van der Waals surface area contributed by atoms with Crippen LogP contribution in [0, 0.1) is 11.2 Å². The molecule has 0 aliphatic carbocycles. The van der Waals surface area contributed by atoms with Gasteiger partial charge in [0.05, 0.1) is 11.8 Å². The maximum Gasteiger partial charge on any atom is 0.256 e. The van der Waals surface area contributed by atoms with Gasteiger partial charge in [-0.25, -0.2) is 4.39 Å². The fourth-order valence-corrected chi connectivity index (χ4v) is 1.63. The largest absolute Gasteiger partial charge is 0.338 e. The van der Waals surface area contributed by atoms with Crippen LogP contribution >= 0.6 is 0 Å². The quantitative estimate of drug-likeness (QED) is 0.868. The summed E-state index contributed by atoms with van der Waals surface area (Å²) in [4.78, 5) is 17.4. The van der Waals surface area contributed by atoms with Gasteiger partial charge in [-0.15, -0.1) is 0 Å². The Morgan fingerprint density at radius 2 is 2.22 bits per heavy atom. The molecule has 1 amide bonds. The molecule has 0 fully saturated rings. The van der Waals surface area contributed by atoms with Crippen LogP contribution in [0.1, 0.15) is 31.1 Å². The molecule has 0 aliphatic rings. The standard InChI is InChI=1S/C13H20FN3O/c1-4-17(9-13(2,3)8-15)12(18)10-5-6-16-7-11(10)14/h5-7H,4,8-9,15H2,1-3H3. The molecule has 1 rings (SSSR count). The van der Waals surface area contributed by atoms with Gasteiger partial charge >= 0.3 is 0 Å². The number of pyridine rings is 1. The molecule has 18 heavy (non-hydrogen) atoms. The van der Waals surface area contributed by atoms with Gasteiger partial charge in [-0.05, 0) is 24.9 Å². The van der Waals surface area contributed by atoms with Crippen LogP contribution in [0.5, 0.6) is 0 Å². The van der Waals surface area contributed by atoms with E-state index < -0.39 is 5.82 Å². The SMILES string of the molecule is CCN(CC(C)(C)CN)C(=O)c1ccncc1F. The zero-order valence-electron chi connectivity index (χ0n) is 11.1. The summed E-state index contributed by atoms with van der Waals surface area (Å²) in [5, 5.41) is 0. The number of hydrogen-bond acceptors (Lipinski definition) is 3. The van der Waals surface area contributed by atoms with Crippen molar-refractivity contribution < 1.29 is 9.18 Å². The fourth-order valence-electron chi connectivity index (χ4n) is 1.63. The fraction of sp³-hybridized carbons (Fsp3) is 0.538. The van der Waals surface area contributed by atoms with Crippen LogP contribution in [-0.4, -0.2) is 35.4 Å². The summed E-state index contributed by atoms with van der Waals surface area (Å²) in [5.41, 5.74) is 5.53. The number of nitrogens with zero attached hydrogens (tertiary/aromatic N) is 2. The van der Waals surface area contributed by atoms with E-state index in [0.29, 0.717) is 19.6 Å². The molecule has 0 atom stereocenters. The number of nitrogens with two attached hydrogens (primary N) is 1. The van der Waals surface area contributed by atoms with Crippen molar-refractivity contribution >= 4 is 5.91 Å². The van der Waals surface area contributed by atoms with Gasteiger partial charge in [0.25, 0.3) is 5.91 Å². The maximum absolute atomic E-state index is 13.5. The molecule has 0 radical (unpaired) electrons. The van der Waals surface area contributed by atoms with Gasteiger partial charge < -0.3 is 10.6 Å². The summed E-state index contributed by atoms with van der Waals surface area (Å²) >= 11 is 0. The molecule has 100 valence electrons. The highest BCUT2D eigenvalue weighted by atomic mass is 19.1. The van der Waals surface area contributed by atoms with Gasteiger partial charge in [0.15, 0.2) is 5.82 Å². The number of hydrogen-bond donors (Lipinski definition) is 1. The van der Waals surface area contributed by atoms with E-state index in [4.69, 9.17) is 5.73 Å². The number of aromatic nitrogens is 1. The summed E-state index contributed by atoms with van der Waals surface area (Å²) < 4.78 is 13.5. The Morgan fingerprint density at radius 3 is 2.72 bits per heavy atom. The topological polar surface area (TPSA) is 59.2 Å². The van der Waals surface area contributed by atoms with Crippen LogP contribution in [0.3, 0.4) is 0 Å². The van der Waals surface area contributed by atoms with E-state index in [0.717, 1.165) is 6.20 Å². The third-order valence-electron chi connectivity index (χ3n) is 2.84. The van der Waals surface area contributed by atoms with E-state index in [1.807, 2.05) is 20.8 Å². The van der Waals surface area contributed by atoms with Crippen molar-refractivity contribution in [2.24, 2.45) is 11.1 Å². The van der Waals surface area contributed by atoms with Crippen LogP contribution in [0.4, 0.5) is 4.39 Å². The van der Waals surface area contributed by atoms with Crippen molar-refractivity contribution in [1.82, 2.24) is 9.88 Å². The second kappa shape index (κ2) is 5.91. The van der Waals surface area contributed by atoms with E-state index in [1.54, 1.807) is 4.90 Å². The molecule has 0 saturated heterocycles. The van der Waals surface area contributed by atoms with E-state index >= 15 is 0 Å². The first kappa shape index (κ1) is 14.6. The smallest absolute Gasteiger partial charge is 0.256 e. The highest BCUT2D eigenvalue weighted by molar-refractivity contribution is 5.94. The molecule has 4 nitrogen and oxygen atoms in total. The Kier molecular flexibility index (Phi) is 4.78. The van der Waals surface area contributed by atoms with Crippen molar-refractivity contribution in [2.75, 3.05) is 19.6 Å². The molecule has 0 bridgehead atoms. The highest BCUT2D eigenvalue weighted by Crippen LogP contribution is 2.17. The van der Waals surface area contributed by atoms with E-state index in [2.05, 4.69) is 4.98 Å². The predicted octanol–water partition coefficient (Wildman–Crippen LogP) is 1.67. The molecule has 1 aromatic rings. The van der Waals surface area contributed by atoms with Crippen molar-refractivity contribution in [1.29, 1.82) is 0 Å². The number of carbonyl (C=O) groups excluding carboxylic acids is 1. The van der Waals surface area contributed by atoms with Gasteiger partial charge in [-0.1, -0.05) is 13.8 Å². The Balaban J connectivity index is 2.90. The molecule has 0 saturated carbocycles. The summed E-state index contributed by atoms with van der Waals surface area (Å²) in [6, 6.07) is 1.40. The second-order valence-corrected chi connectivity index (χ2v) is 5.04. The first-order valence-electron chi connectivity index (χ1n) is 6.00. The van der Waals surface area contributed by atoms with Crippen molar-refractivity contribution in [2.45, 2.75) is 20.8 Å². The number of halogens is 1.